The fourth-order valence-corrected chi connectivity index (χ4v) is 3.48. The van der Waals surface area contributed by atoms with E-state index in [1.807, 2.05) is 0 Å². The van der Waals surface area contributed by atoms with Gasteiger partial charge in [-0.05, 0) is 24.3 Å². The zero-order valence-corrected chi connectivity index (χ0v) is 21.2. The molecular formula is C25H25N5O8. The number of benzene rings is 2. The maximum absolute atomic E-state index is 13.0. The topological polar surface area (TPSA) is 167 Å². The minimum absolute atomic E-state index is 0.0491. The van der Waals surface area contributed by atoms with Crippen LogP contribution < -0.4 is 34.9 Å². The van der Waals surface area contributed by atoms with Gasteiger partial charge in [-0.15, -0.1) is 0 Å². The Morgan fingerprint density at radius 1 is 0.684 bits per heavy atom. The molecule has 0 unspecified atom stereocenters. The van der Waals surface area contributed by atoms with Crippen LogP contribution in [0.3, 0.4) is 0 Å². The fraction of sp³-hybridized carbons (Fsp3) is 0.200. The Balaban J connectivity index is 1.91. The first-order valence-electron chi connectivity index (χ1n) is 10.9. The van der Waals surface area contributed by atoms with Crippen LogP contribution in [0.4, 0.5) is 17.6 Å². The third kappa shape index (κ3) is 5.78. The quantitative estimate of drug-likeness (QED) is 0.316. The molecule has 13 nitrogen and oxygen atoms in total. The maximum atomic E-state index is 13.0. The molecule has 1 heterocycles. The number of carbonyl (C=O) groups excluding carboxylic acids is 4. The lowest BCUT2D eigenvalue weighted by molar-refractivity contribution is 0.101. The number of ether oxygens (including phenoxy) is 4. The van der Waals surface area contributed by atoms with Gasteiger partial charge in [0.1, 0.15) is 11.6 Å². The van der Waals surface area contributed by atoms with Gasteiger partial charge in [0.25, 0.3) is 11.8 Å². The maximum Gasteiger partial charge on any atom is 0.258 e. The van der Waals surface area contributed by atoms with Crippen molar-refractivity contribution in [3.63, 3.8) is 0 Å². The zero-order chi connectivity index (χ0) is 27.8. The molecule has 2 amide bonds. The van der Waals surface area contributed by atoms with E-state index in [1.165, 1.54) is 58.8 Å². The second-order valence-electron chi connectivity index (χ2n) is 7.46. The number of hydrogen-bond acceptors (Lipinski definition) is 11. The summed E-state index contributed by atoms with van der Waals surface area (Å²) < 4.78 is 20.8. The van der Waals surface area contributed by atoms with Crippen molar-refractivity contribution in [3.8, 4) is 23.0 Å². The molecule has 38 heavy (non-hydrogen) atoms. The molecule has 0 aliphatic rings. The molecular weight excluding hydrogens is 498 g/mol. The van der Waals surface area contributed by atoms with Crippen LogP contribution in [-0.2, 0) is 0 Å². The molecule has 2 aromatic carbocycles. The number of nitrogens with zero attached hydrogens (tertiary/aromatic N) is 2. The molecule has 1 aromatic heterocycles. The Kier molecular flexibility index (Phi) is 8.77. The molecule has 0 atom stereocenters. The van der Waals surface area contributed by atoms with E-state index >= 15 is 0 Å². The monoisotopic (exact) mass is 523 g/mol. The van der Waals surface area contributed by atoms with Crippen LogP contribution in [0, 0.1) is 0 Å². The first-order chi connectivity index (χ1) is 18.3. The lowest BCUT2D eigenvalue weighted by atomic mass is 10.1. The van der Waals surface area contributed by atoms with Gasteiger partial charge in [-0.25, -0.2) is 0 Å². The predicted molar refractivity (Wildman–Crippen MR) is 137 cm³/mol. The lowest BCUT2D eigenvalue weighted by Gasteiger charge is -2.14. The van der Waals surface area contributed by atoms with E-state index in [4.69, 9.17) is 18.9 Å². The van der Waals surface area contributed by atoms with E-state index in [2.05, 4.69) is 25.9 Å². The summed E-state index contributed by atoms with van der Waals surface area (Å²) in [4.78, 5) is 57.2. The molecule has 0 spiro atoms. The molecule has 13 heteroatoms. The molecule has 198 valence electrons. The summed E-state index contributed by atoms with van der Waals surface area (Å²) in [5.41, 5.74) is 0.416. The Morgan fingerprint density at radius 2 is 1.16 bits per heavy atom. The highest BCUT2D eigenvalue weighted by Crippen LogP contribution is 2.33. The molecule has 0 aliphatic carbocycles. The SMILES string of the molecule is CNc1cc(NC(=O)c2cc(C=O)c(OC)c(OC)c2)nc(NC(=O)c2cc(C=O)c(OC)c(OC)c2)n1. The van der Waals surface area contributed by atoms with Crippen molar-refractivity contribution in [3.05, 3.63) is 52.6 Å². The molecule has 0 radical (unpaired) electrons. The van der Waals surface area contributed by atoms with E-state index in [-0.39, 0.29) is 62.8 Å². The van der Waals surface area contributed by atoms with E-state index in [1.54, 1.807) is 7.05 Å². The Bertz CT molecular complexity index is 1290. The highest BCUT2D eigenvalue weighted by Gasteiger charge is 2.19. The van der Waals surface area contributed by atoms with Gasteiger partial charge in [-0.3, -0.25) is 24.5 Å². The standard InChI is InChI=1S/C25H25N5O8/c1-26-19-10-20(27-23(33)13-6-15(11-31)21(37-4)17(8-13)35-2)29-25(28-19)30-24(34)14-7-16(12-32)22(38-5)18(9-14)36-3/h6-12H,1-5H3,(H3,26,27,28,29,30,33,34). The van der Waals surface area contributed by atoms with Gasteiger partial charge in [0.05, 0.1) is 39.6 Å². The first kappa shape index (κ1) is 27.4. The summed E-state index contributed by atoms with van der Waals surface area (Å²) >= 11 is 0. The van der Waals surface area contributed by atoms with Crippen LogP contribution in [0.1, 0.15) is 41.4 Å². The van der Waals surface area contributed by atoms with Crippen molar-refractivity contribution < 1.29 is 38.1 Å². The number of aldehydes is 2. The van der Waals surface area contributed by atoms with Gasteiger partial charge in [-0.2, -0.15) is 9.97 Å². The normalized spacial score (nSPS) is 10.1. The number of anilines is 3. The van der Waals surface area contributed by atoms with Gasteiger partial charge in [0, 0.05) is 24.2 Å². The van der Waals surface area contributed by atoms with Crippen molar-refractivity contribution >= 4 is 42.0 Å². The summed E-state index contributed by atoms with van der Waals surface area (Å²) in [6, 6.07) is 6.92. The zero-order valence-electron chi connectivity index (χ0n) is 21.2. The minimum atomic E-state index is -0.643. The number of aromatic nitrogens is 2. The van der Waals surface area contributed by atoms with Crippen molar-refractivity contribution in [1.82, 2.24) is 9.97 Å². The summed E-state index contributed by atoms with van der Waals surface area (Å²) in [7, 11) is 7.10. The molecule has 3 aromatic rings. The average Bonchev–Trinajstić information content (AvgIpc) is 2.94. The molecule has 0 saturated carbocycles. The highest BCUT2D eigenvalue weighted by molar-refractivity contribution is 6.07. The molecule has 0 bridgehead atoms. The summed E-state index contributed by atoms with van der Waals surface area (Å²) in [6.45, 7) is 0. The van der Waals surface area contributed by atoms with Crippen molar-refractivity contribution in [2.75, 3.05) is 51.4 Å². The molecule has 3 N–H and O–H groups in total. The second-order valence-corrected chi connectivity index (χ2v) is 7.46. The van der Waals surface area contributed by atoms with Crippen LogP contribution in [0.2, 0.25) is 0 Å². The van der Waals surface area contributed by atoms with Crippen molar-refractivity contribution in [2.45, 2.75) is 0 Å². The smallest absolute Gasteiger partial charge is 0.258 e. The lowest BCUT2D eigenvalue weighted by Crippen LogP contribution is -2.18. The van der Waals surface area contributed by atoms with Crippen LogP contribution in [0.25, 0.3) is 0 Å². The van der Waals surface area contributed by atoms with Gasteiger partial charge in [0.2, 0.25) is 5.95 Å². The first-order valence-corrected chi connectivity index (χ1v) is 10.9. The third-order valence-electron chi connectivity index (χ3n) is 5.24. The summed E-state index contributed by atoms with van der Waals surface area (Å²) in [5, 5.41) is 7.95. The van der Waals surface area contributed by atoms with Crippen molar-refractivity contribution in [1.29, 1.82) is 0 Å². The number of amides is 2. The molecule has 0 aliphatic heterocycles. The minimum Gasteiger partial charge on any atom is -0.493 e. The van der Waals surface area contributed by atoms with Crippen LogP contribution in [-0.4, -0.2) is 69.8 Å². The molecule has 0 saturated heterocycles. The van der Waals surface area contributed by atoms with Crippen molar-refractivity contribution in [2.24, 2.45) is 0 Å². The van der Waals surface area contributed by atoms with Gasteiger partial charge in [-0.1, -0.05) is 0 Å². The van der Waals surface area contributed by atoms with Gasteiger partial charge < -0.3 is 29.6 Å². The van der Waals surface area contributed by atoms with Crippen LogP contribution in [0.15, 0.2) is 30.3 Å². The average molecular weight is 524 g/mol. The van der Waals surface area contributed by atoms with E-state index < -0.39 is 11.8 Å². The Hall–Kier alpha value is -5.20. The fourth-order valence-electron chi connectivity index (χ4n) is 3.48. The molecule has 0 fully saturated rings. The van der Waals surface area contributed by atoms with Crippen LogP contribution in [0.5, 0.6) is 23.0 Å². The largest absolute Gasteiger partial charge is 0.493 e. The number of rotatable bonds is 11. The number of carbonyl (C=O) groups is 4. The predicted octanol–water partition coefficient (Wildman–Crippen LogP) is 2.68. The van der Waals surface area contributed by atoms with Crippen LogP contribution >= 0.6 is 0 Å². The number of methoxy groups -OCH3 is 4. The number of hydrogen-bond donors (Lipinski definition) is 3. The summed E-state index contributed by atoms with van der Waals surface area (Å²) in [5.74, 6) is -0.302. The molecule has 3 rings (SSSR count). The van der Waals surface area contributed by atoms with Gasteiger partial charge >= 0.3 is 0 Å². The highest BCUT2D eigenvalue weighted by atomic mass is 16.5. The van der Waals surface area contributed by atoms with Gasteiger partial charge in [0.15, 0.2) is 35.6 Å². The number of nitrogens with one attached hydrogen (secondary N) is 3. The van der Waals surface area contributed by atoms with E-state index in [0.29, 0.717) is 12.6 Å². The second kappa shape index (κ2) is 12.2. The Labute approximate surface area is 217 Å². The third-order valence-corrected chi connectivity index (χ3v) is 5.24. The van der Waals surface area contributed by atoms with E-state index in [9.17, 15) is 19.2 Å². The van der Waals surface area contributed by atoms with E-state index in [0.717, 1.165) is 0 Å². The summed E-state index contributed by atoms with van der Waals surface area (Å²) in [6.07, 6.45) is 1.08. The Morgan fingerprint density at radius 3 is 1.58 bits per heavy atom.